The molecule has 0 N–H and O–H groups in total. The first kappa shape index (κ1) is 10.5. The number of alkyl halides is 1. The Kier molecular flexibility index (Phi) is 3.85. The Labute approximate surface area is 94.7 Å². The van der Waals surface area contributed by atoms with E-state index in [-0.39, 0.29) is 0 Å². The number of thiophene rings is 1. The van der Waals surface area contributed by atoms with Gasteiger partial charge in [-0.05, 0) is 24.3 Å². The van der Waals surface area contributed by atoms with E-state index in [2.05, 4.69) is 22.4 Å². The van der Waals surface area contributed by atoms with E-state index in [1.807, 2.05) is 11.3 Å². The lowest BCUT2D eigenvalue weighted by Crippen LogP contribution is -2.40. The van der Waals surface area contributed by atoms with Gasteiger partial charge in [-0.3, -0.25) is 4.90 Å². The van der Waals surface area contributed by atoms with Crippen LogP contribution in [0.3, 0.4) is 0 Å². The van der Waals surface area contributed by atoms with E-state index in [4.69, 9.17) is 11.6 Å². The number of nitrogens with zero attached hydrogens (tertiary/aromatic N) is 1. The molecule has 0 unspecified atom stereocenters. The molecule has 0 aromatic carbocycles. The number of hydrogen-bond acceptors (Lipinski definition) is 2. The molecule has 1 aromatic heterocycles. The van der Waals surface area contributed by atoms with Crippen molar-refractivity contribution in [2.75, 3.05) is 12.4 Å². The molecule has 1 fully saturated rings. The van der Waals surface area contributed by atoms with Gasteiger partial charge in [-0.25, -0.2) is 0 Å². The summed E-state index contributed by atoms with van der Waals surface area (Å²) in [5.74, 6) is 0.752. The van der Waals surface area contributed by atoms with E-state index < -0.39 is 0 Å². The van der Waals surface area contributed by atoms with Crippen molar-refractivity contribution < 1.29 is 0 Å². The van der Waals surface area contributed by atoms with Gasteiger partial charge in [0.05, 0.1) is 0 Å². The van der Waals surface area contributed by atoms with Gasteiger partial charge >= 0.3 is 0 Å². The Morgan fingerprint density at radius 3 is 2.86 bits per heavy atom. The van der Waals surface area contributed by atoms with Crippen molar-refractivity contribution in [2.45, 2.75) is 31.8 Å². The number of hydrogen-bond donors (Lipinski definition) is 0. The van der Waals surface area contributed by atoms with Gasteiger partial charge in [0.15, 0.2) is 0 Å². The molecule has 0 radical (unpaired) electrons. The number of halogens is 1. The van der Waals surface area contributed by atoms with E-state index in [9.17, 15) is 0 Å². The molecule has 0 spiro atoms. The van der Waals surface area contributed by atoms with Gasteiger partial charge in [0.2, 0.25) is 0 Å². The maximum atomic E-state index is 5.82. The summed E-state index contributed by atoms with van der Waals surface area (Å²) in [6, 6.07) is 5.14. The molecule has 0 atom stereocenters. The van der Waals surface area contributed by atoms with Crippen LogP contribution in [0.2, 0.25) is 0 Å². The maximum Gasteiger partial charge on any atom is 0.0351 e. The van der Waals surface area contributed by atoms with Gasteiger partial charge in [0.25, 0.3) is 0 Å². The third-order valence-electron chi connectivity index (χ3n) is 2.90. The van der Waals surface area contributed by atoms with Crippen LogP contribution in [0.4, 0.5) is 0 Å². The van der Waals surface area contributed by atoms with Crippen molar-refractivity contribution in [3.63, 3.8) is 0 Å². The van der Waals surface area contributed by atoms with Crippen LogP contribution in [-0.2, 0) is 6.54 Å². The molecule has 3 heteroatoms. The summed E-state index contributed by atoms with van der Waals surface area (Å²) in [7, 11) is 0. The van der Waals surface area contributed by atoms with Gasteiger partial charge in [-0.2, -0.15) is 0 Å². The van der Waals surface area contributed by atoms with Crippen molar-refractivity contribution in [3.05, 3.63) is 22.4 Å². The van der Waals surface area contributed by atoms with Gasteiger partial charge in [0.1, 0.15) is 0 Å². The first-order valence-electron chi connectivity index (χ1n) is 5.22. The molecule has 0 saturated heterocycles. The van der Waals surface area contributed by atoms with Crippen molar-refractivity contribution in [1.82, 2.24) is 4.90 Å². The fourth-order valence-corrected chi connectivity index (χ4v) is 2.80. The van der Waals surface area contributed by atoms with Gasteiger partial charge in [0, 0.05) is 29.9 Å². The first-order chi connectivity index (χ1) is 6.90. The molecule has 1 aromatic rings. The third kappa shape index (κ3) is 2.50. The molecule has 0 amide bonds. The second-order valence-corrected chi connectivity index (χ2v) is 5.23. The lowest BCUT2D eigenvalue weighted by molar-refractivity contribution is 0.128. The van der Waals surface area contributed by atoms with Crippen molar-refractivity contribution >= 4 is 22.9 Å². The van der Waals surface area contributed by atoms with E-state index in [0.29, 0.717) is 0 Å². The smallest absolute Gasteiger partial charge is 0.0351 e. The minimum Gasteiger partial charge on any atom is -0.294 e. The molecule has 1 nitrogen and oxygen atoms in total. The number of rotatable bonds is 5. The van der Waals surface area contributed by atoms with Crippen LogP contribution in [0.25, 0.3) is 0 Å². The van der Waals surface area contributed by atoms with E-state index in [1.165, 1.54) is 24.1 Å². The van der Waals surface area contributed by atoms with Gasteiger partial charge in [-0.15, -0.1) is 22.9 Å². The highest BCUT2D eigenvalue weighted by Gasteiger charge is 2.24. The standard InChI is InChI=1S/C11H16ClNS/c12-6-7-13(10-3-1-4-10)9-11-5-2-8-14-11/h2,5,8,10H,1,3-4,6-7,9H2. The average molecular weight is 230 g/mol. The molecule has 78 valence electrons. The SMILES string of the molecule is ClCCN(Cc1cccs1)C1CCC1. The summed E-state index contributed by atoms with van der Waals surface area (Å²) in [5, 5.41) is 2.15. The van der Waals surface area contributed by atoms with Crippen LogP contribution in [0.5, 0.6) is 0 Å². The molecule has 14 heavy (non-hydrogen) atoms. The molecule has 0 aliphatic heterocycles. The van der Waals surface area contributed by atoms with Gasteiger partial charge in [-0.1, -0.05) is 12.5 Å². The highest BCUT2D eigenvalue weighted by atomic mass is 35.5. The average Bonchev–Trinajstić information content (AvgIpc) is 2.54. The van der Waals surface area contributed by atoms with Crippen LogP contribution in [0.1, 0.15) is 24.1 Å². The summed E-state index contributed by atoms with van der Waals surface area (Å²) in [6.07, 6.45) is 4.12. The summed E-state index contributed by atoms with van der Waals surface area (Å²) in [6.45, 7) is 2.12. The molecular weight excluding hydrogens is 214 g/mol. The lowest BCUT2D eigenvalue weighted by atomic mass is 9.91. The Morgan fingerprint density at radius 1 is 1.50 bits per heavy atom. The normalized spacial score (nSPS) is 17.3. The van der Waals surface area contributed by atoms with Crippen LogP contribution in [0, 0.1) is 0 Å². The molecular formula is C11H16ClNS. The molecule has 2 rings (SSSR count). The Balaban J connectivity index is 1.89. The topological polar surface area (TPSA) is 3.24 Å². The molecule has 0 bridgehead atoms. The van der Waals surface area contributed by atoms with Crippen molar-refractivity contribution in [1.29, 1.82) is 0 Å². The summed E-state index contributed by atoms with van der Waals surface area (Å²) >= 11 is 7.67. The zero-order valence-electron chi connectivity index (χ0n) is 8.29. The fourth-order valence-electron chi connectivity index (χ4n) is 1.85. The summed E-state index contributed by atoms with van der Waals surface area (Å²) < 4.78 is 0. The second-order valence-electron chi connectivity index (χ2n) is 3.82. The Hall–Kier alpha value is -0.0500. The fraction of sp³-hybridized carbons (Fsp3) is 0.636. The predicted molar refractivity (Wildman–Crippen MR) is 63.1 cm³/mol. The van der Waals surface area contributed by atoms with Crippen LogP contribution in [0.15, 0.2) is 17.5 Å². The Bertz CT molecular complexity index is 256. The molecule has 1 aliphatic rings. The summed E-state index contributed by atoms with van der Waals surface area (Å²) in [4.78, 5) is 3.99. The van der Waals surface area contributed by atoms with Crippen LogP contribution in [-0.4, -0.2) is 23.4 Å². The third-order valence-corrected chi connectivity index (χ3v) is 3.93. The summed E-state index contributed by atoms with van der Waals surface area (Å²) in [5.41, 5.74) is 0. The first-order valence-corrected chi connectivity index (χ1v) is 6.64. The quantitative estimate of drug-likeness (QED) is 0.700. The minimum atomic E-state index is 0.752. The van der Waals surface area contributed by atoms with E-state index in [0.717, 1.165) is 25.0 Å². The highest BCUT2D eigenvalue weighted by molar-refractivity contribution is 7.09. The highest BCUT2D eigenvalue weighted by Crippen LogP contribution is 2.26. The van der Waals surface area contributed by atoms with E-state index in [1.54, 1.807) is 0 Å². The Morgan fingerprint density at radius 2 is 2.36 bits per heavy atom. The largest absolute Gasteiger partial charge is 0.294 e. The van der Waals surface area contributed by atoms with E-state index >= 15 is 0 Å². The van der Waals surface area contributed by atoms with Crippen molar-refractivity contribution in [2.24, 2.45) is 0 Å². The van der Waals surface area contributed by atoms with Crippen molar-refractivity contribution in [3.8, 4) is 0 Å². The monoisotopic (exact) mass is 229 g/mol. The zero-order chi connectivity index (χ0) is 9.80. The van der Waals surface area contributed by atoms with Crippen LogP contribution >= 0.6 is 22.9 Å². The maximum absolute atomic E-state index is 5.82. The minimum absolute atomic E-state index is 0.752. The molecule has 1 aliphatic carbocycles. The molecule has 1 heterocycles. The lowest BCUT2D eigenvalue weighted by Gasteiger charge is -2.37. The second kappa shape index (κ2) is 5.15. The predicted octanol–water partition coefficient (Wildman–Crippen LogP) is 3.34. The zero-order valence-corrected chi connectivity index (χ0v) is 9.86. The van der Waals surface area contributed by atoms with Gasteiger partial charge < -0.3 is 0 Å². The van der Waals surface area contributed by atoms with Crippen LogP contribution < -0.4 is 0 Å². The molecule has 1 saturated carbocycles.